The van der Waals surface area contributed by atoms with Crippen LogP contribution in [-0.4, -0.2) is 52.5 Å². The first-order chi connectivity index (χ1) is 8.22. The van der Waals surface area contributed by atoms with E-state index >= 15 is 0 Å². The third kappa shape index (κ3) is 2.65. The fourth-order valence-electron chi connectivity index (χ4n) is 2.07. The van der Waals surface area contributed by atoms with Crippen LogP contribution in [0.3, 0.4) is 0 Å². The molecule has 2 heterocycles. The van der Waals surface area contributed by atoms with Gasteiger partial charge in [0.1, 0.15) is 0 Å². The summed E-state index contributed by atoms with van der Waals surface area (Å²) in [5, 5.41) is 15.7. The molecule has 0 unspecified atom stereocenters. The van der Waals surface area contributed by atoms with Crippen LogP contribution in [0.25, 0.3) is 0 Å². The molecule has 0 aromatic carbocycles. The fraction of sp³-hybridized carbons (Fsp3) is 0.636. The molecule has 94 valence electrons. The van der Waals surface area contributed by atoms with Crippen molar-refractivity contribution in [2.24, 2.45) is 0 Å². The van der Waals surface area contributed by atoms with Crippen LogP contribution in [-0.2, 0) is 17.7 Å². The fourth-order valence-corrected chi connectivity index (χ4v) is 2.07. The number of H-pyrrole nitrogens is 1. The van der Waals surface area contributed by atoms with E-state index in [0.717, 1.165) is 37.6 Å². The molecule has 0 saturated carbocycles. The molecule has 0 radical (unpaired) electrons. The van der Waals surface area contributed by atoms with Gasteiger partial charge in [0.05, 0.1) is 18.9 Å². The summed E-state index contributed by atoms with van der Waals surface area (Å²) in [4.78, 5) is 13.2. The Hall–Kier alpha value is -1.40. The standard InChI is InChI=1S/C11H17N3O3/c1-2-8-9(12-13-10(8)11(15)16)7-14-3-5-17-6-4-14/h2-7H2,1H3,(H,12,13)(H,15,16). The first-order valence-electron chi connectivity index (χ1n) is 5.82. The molecule has 1 aromatic heterocycles. The molecule has 2 rings (SSSR count). The number of nitrogens with one attached hydrogen (secondary N) is 1. The first kappa shape index (κ1) is 12.1. The number of aromatic carboxylic acids is 1. The zero-order valence-electron chi connectivity index (χ0n) is 9.90. The van der Waals surface area contributed by atoms with E-state index in [1.54, 1.807) is 0 Å². The highest BCUT2D eigenvalue weighted by molar-refractivity contribution is 5.87. The second-order valence-corrected chi connectivity index (χ2v) is 4.08. The van der Waals surface area contributed by atoms with Crippen molar-refractivity contribution < 1.29 is 14.6 Å². The molecular weight excluding hydrogens is 222 g/mol. The summed E-state index contributed by atoms with van der Waals surface area (Å²) in [5.41, 5.74) is 1.87. The van der Waals surface area contributed by atoms with Crippen molar-refractivity contribution in [2.45, 2.75) is 19.9 Å². The van der Waals surface area contributed by atoms with E-state index in [1.807, 2.05) is 6.92 Å². The summed E-state index contributed by atoms with van der Waals surface area (Å²) in [6.07, 6.45) is 0.678. The molecule has 0 bridgehead atoms. The van der Waals surface area contributed by atoms with Crippen molar-refractivity contribution in [1.82, 2.24) is 15.1 Å². The van der Waals surface area contributed by atoms with Gasteiger partial charge in [-0.2, -0.15) is 5.10 Å². The Morgan fingerprint density at radius 1 is 1.53 bits per heavy atom. The normalized spacial score (nSPS) is 17.2. The lowest BCUT2D eigenvalue weighted by atomic mass is 10.1. The number of carbonyl (C=O) groups is 1. The summed E-state index contributed by atoms with van der Waals surface area (Å²) < 4.78 is 5.28. The van der Waals surface area contributed by atoms with Crippen molar-refractivity contribution in [3.8, 4) is 0 Å². The number of hydrogen-bond donors (Lipinski definition) is 2. The van der Waals surface area contributed by atoms with Gasteiger partial charge in [-0.1, -0.05) is 6.92 Å². The predicted molar refractivity (Wildman–Crippen MR) is 61.0 cm³/mol. The Morgan fingerprint density at radius 3 is 2.82 bits per heavy atom. The smallest absolute Gasteiger partial charge is 0.356 e. The predicted octanol–water partition coefficient (Wildman–Crippen LogP) is 0.502. The van der Waals surface area contributed by atoms with Crippen molar-refractivity contribution in [2.75, 3.05) is 26.3 Å². The van der Waals surface area contributed by atoms with E-state index < -0.39 is 5.97 Å². The highest BCUT2D eigenvalue weighted by atomic mass is 16.5. The minimum Gasteiger partial charge on any atom is -0.476 e. The van der Waals surface area contributed by atoms with Gasteiger partial charge in [0.25, 0.3) is 0 Å². The Balaban J connectivity index is 2.12. The Bertz CT molecular complexity index is 397. The summed E-state index contributed by atoms with van der Waals surface area (Å²) in [7, 11) is 0. The van der Waals surface area contributed by atoms with Crippen LogP contribution in [0.5, 0.6) is 0 Å². The van der Waals surface area contributed by atoms with E-state index in [2.05, 4.69) is 15.1 Å². The van der Waals surface area contributed by atoms with Crippen LogP contribution in [0.2, 0.25) is 0 Å². The number of hydrogen-bond acceptors (Lipinski definition) is 4. The summed E-state index contributed by atoms with van der Waals surface area (Å²) >= 11 is 0. The van der Waals surface area contributed by atoms with Crippen LogP contribution >= 0.6 is 0 Å². The topological polar surface area (TPSA) is 78.4 Å². The van der Waals surface area contributed by atoms with Gasteiger partial charge in [-0.25, -0.2) is 4.79 Å². The van der Waals surface area contributed by atoms with Crippen molar-refractivity contribution >= 4 is 5.97 Å². The molecule has 0 spiro atoms. The highest BCUT2D eigenvalue weighted by Crippen LogP contribution is 2.15. The van der Waals surface area contributed by atoms with Gasteiger partial charge < -0.3 is 9.84 Å². The number of carboxylic acid groups (broad SMARTS) is 1. The Kier molecular flexibility index (Phi) is 3.75. The number of nitrogens with zero attached hydrogens (tertiary/aromatic N) is 2. The zero-order chi connectivity index (χ0) is 12.3. The van der Waals surface area contributed by atoms with Crippen LogP contribution in [0.4, 0.5) is 0 Å². The third-order valence-corrected chi connectivity index (χ3v) is 2.99. The maximum Gasteiger partial charge on any atom is 0.356 e. The van der Waals surface area contributed by atoms with Crippen LogP contribution in [0.1, 0.15) is 28.7 Å². The third-order valence-electron chi connectivity index (χ3n) is 2.99. The van der Waals surface area contributed by atoms with Gasteiger partial charge in [0.15, 0.2) is 5.69 Å². The molecule has 1 fully saturated rings. The highest BCUT2D eigenvalue weighted by Gasteiger charge is 2.19. The maximum atomic E-state index is 11.0. The van der Waals surface area contributed by atoms with Crippen molar-refractivity contribution in [3.63, 3.8) is 0 Å². The summed E-state index contributed by atoms with van der Waals surface area (Å²) in [6, 6.07) is 0. The molecule has 1 aliphatic rings. The van der Waals surface area contributed by atoms with Gasteiger partial charge in [0.2, 0.25) is 0 Å². The molecule has 0 atom stereocenters. The second kappa shape index (κ2) is 5.29. The number of carboxylic acids is 1. The van der Waals surface area contributed by atoms with E-state index in [1.165, 1.54) is 0 Å². The van der Waals surface area contributed by atoms with Gasteiger partial charge in [-0.15, -0.1) is 0 Å². The lowest BCUT2D eigenvalue weighted by Gasteiger charge is -2.26. The Morgan fingerprint density at radius 2 is 2.24 bits per heavy atom. The molecule has 1 saturated heterocycles. The Labute approximate surface area is 99.6 Å². The van der Waals surface area contributed by atoms with Crippen LogP contribution in [0, 0.1) is 0 Å². The lowest BCUT2D eigenvalue weighted by molar-refractivity contribution is 0.0335. The van der Waals surface area contributed by atoms with Gasteiger partial charge in [0, 0.05) is 25.2 Å². The summed E-state index contributed by atoms with van der Waals surface area (Å²) in [6.45, 7) is 5.89. The van der Waals surface area contributed by atoms with E-state index in [-0.39, 0.29) is 5.69 Å². The van der Waals surface area contributed by atoms with Gasteiger partial charge in [-0.05, 0) is 6.42 Å². The van der Waals surface area contributed by atoms with Crippen molar-refractivity contribution in [1.29, 1.82) is 0 Å². The maximum absolute atomic E-state index is 11.0. The van der Waals surface area contributed by atoms with Crippen molar-refractivity contribution in [3.05, 3.63) is 17.0 Å². The number of rotatable bonds is 4. The number of aromatic nitrogens is 2. The first-order valence-corrected chi connectivity index (χ1v) is 5.82. The largest absolute Gasteiger partial charge is 0.476 e. The second-order valence-electron chi connectivity index (χ2n) is 4.08. The number of morpholine rings is 1. The van der Waals surface area contributed by atoms with E-state index in [9.17, 15) is 4.79 Å². The van der Waals surface area contributed by atoms with E-state index in [0.29, 0.717) is 13.0 Å². The van der Waals surface area contributed by atoms with Gasteiger partial charge in [-0.3, -0.25) is 10.00 Å². The zero-order valence-corrected chi connectivity index (χ0v) is 9.90. The molecule has 1 aliphatic heterocycles. The minimum atomic E-state index is -0.966. The number of aromatic amines is 1. The number of ether oxygens (including phenoxy) is 1. The SMILES string of the molecule is CCc1c(C(=O)O)n[nH]c1CN1CCOCC1. The molecular formula is C11H17N3O3. The van der Waals surface area contributed by atoms with Crippen LogP contribution < -0.4 is 0 Å². The average molecular weight is 239 g/mol. The lowest BCUT2D eigenvalue weighted by Crippen LogP contribution is -2.36. The molecule has 6 nitrogen and oxygen atoms in total. The summed E-state index contributed by atoms with van der Waals surface area (Å²) in [5.74, 6) is -0.966. The monoisotopic (exact) mass is 239 g/mol. The quantitative estimate of drug-likeness (QED) is 0.800. The molecule has 1 aromatic rings. The van der Waals surface area contributed by atoms with Crippen LogP contribution in [0.15, 0.2) is 0 Å². The molecule has 6 heteroatoms. The minimum absolute atomic E-state index is 0.149. The van der Waals surface area contributed by atoms with E-state index in [4.69, 9.17) is 9.84 Å². The molecule has 2 N–H and O–H groups in total. The molecule has 17 heavy (non-hydrogen) atoms. The molecule has 0 amide bonds. The van der Waals surface area contributed by atoms with Gasteiger partial charge >= 0.3 is 5.97 Å². The molecule has 0 aliphatic carbocycles. The average Bonchev–Trinajstić information content (AvgIpc) is 2.73.